The van der Waals surface area contributed by atoms with Crippen molar-refractivity contribution in [1.29, 1.82) is 10.5 Å². The fraction of sp³-hybridized carbons (Fsp3) is 0.500. The largest absolute Gasteiger partial charge is 0.353 e. The van der Waals surface area contributed by atoms with Crippen LogP contribution in [-0.4, -0.2) is 19.5 Å². The highest BCUT2D eigenvalue weighted by Gasteiger charge is 2.13. The van der Waals surface area contributed by atoms with Gasteiger partial charge in [-0.15, -0.1) is 0 Å². The van der Waals surface area contributed by atoms with E-state index < -0.39 is 0 Å². The van der Waals surface area contributed by atoms with Gasteiger partial charge in [0.15, 0.2) is 6.29 Å². The predicted molar refractivity (Wildman–Crippen MR) is 73.7 cm³/mol. The number of nitrogens with zero attached hydrogens (tertiary/aromatic N) is 2. The maximum Gasteiger partial charge on any atom is 0.157 e. The lowest BCUT2D eigenvalue weighted by Crippen LogP contribution is -2.22. The summed E-state index contributed by atoms with van der Waals surface area (Å²) in [6, 6.07) is 9.47. The van der Waals surface area contributed by atoms with Crippen molar-refractivity contribution < 1.29 is 9.47 Å². The molecule has 2 rings (SSSR count). The summed E-state index contributed by atoms with van der Waals surface area (Å²) in [6.45, 7) is 1.46. The molecule has 104 valence electrons. The molecular weight excluding hydrogens is 252 g/mol. The first kappa shape index (κ1) is 14.5. The number of rotatable bonds is 5. The van der Waals surface area contributed by atoms with Crippen LogP contribution in [0.25, 0.3) is 0 Å². The summed E-state index contributed by atoms with van der Waals surface area (Å²) in [6.07, 6.45) is 4.96. The maximum absolute atomic E-state index is 8.97. The van der Waals surface area contributed by atoms with E-state index in [9.17, 15) is 0 Å². The van der Waals surface area contributed by atoms with E-state index in [-0.39, 0.29) is 6.29 Å². The van der Waals surface area contributed by atoms with Crippen LogP contribution in [-0.2, 0) is 15.9 Å². The third-order valence-corrected chi connectivity index (χ3v) is 3.38. The van der Waals surface area contributed by atoms with Gasteiger partial charge in [0.25, 0.3) is 0 Å². The molecule has 0 N–H and O–H groups in total. The van der Waals surface area contributed by atoms with Crippen LogP contribution in [0.5, 0.6) is 0 Å². The van der Waals surface area contributed by atoms with Gasteiger partial charge in [0.2, 0.25) is 0 Å². The number of hydrogen-bond acceptors (Lipinski definition) is 4. The van der Waals surface area contributed by atoms with E-state index in [2.05, 4.69) is 6.07 Å². The Morgan fingerprint density at radius 2 is 2.05 bits per heavy atom. The van der Waals surface area contributed by atoms with Gasteiger partial charge in [-0.25, -0.2) is 0 Å². The molecule has 0 aliphatic carbocycles. The van der Waals surface area contributed by atoms with Gasteiger partial charge < -0.3 is 9.47 Å². The van der Waals surface area contributed by atoms with Gasteiger partial charge in [0.05, 0.1) is 17.7 Å². The summed E-state index contributed by atoms with van der Waals surface area (Å²) in [5.41, 5.74) is 1.94. The van der Waals surface area contributed by atoms with Gasteiger partial charge in [-0.2, -0.15) is 10.5 Å². The van der Waals surface area contributed by atoms with Gasteiger partial charge in [-0.1, -0.05) is 6.07 Å². The van der Waals surface area contributed by atoms with Gasteiger partial charge in [-0.05, 0) is 49.8 Å². The molecule has 1 heterocycles. The van der Waals surface area contributed by atoms with Crippen molar-refractivity contribution in [2.24, 2.45) is 0 Å². The molecule has 0 spiro atoms. The molecular formula is C16H18N2O2. The molecule has 1 aliphatic rings. The SMILES string of the molecule is N#Cc1ccc(CCCOC2CCCCO2)cc1C#N. The first-order chi connectivity index (χ1) is 9.83. The van der Waals surface area contributed by atoms with E-state index in [0.717, 1.165) is 37.9 Å². The number of ether oxygens (including phenoxy) is 2. The van der Waals surface area contributed by atoms with Crippen LogP contribution < -0.4 is 0 Å². The van der Waals surface area contributed by atoms with Crippen molar-refractivity contribution in [2.75, 3.05) is 13.2 Å². The average Bonchev–Trinajstić information content (AvgIpc) is 2.52. The molecule has 0 saturated carbocycles. The highest BCUT2D eigenvalue weighted by Crippen LogP contribution is 2.15. The van der Waals surface area contributed by atoms with Crippen molar-refractivity contribution in [3.05, 3.63) is 34.9 Å². The van der Waals surface area contributed by atoms with Gasteiger partial charge >= 0.3 is 0 Å². The van der Waals surface area contributed by atoms with Crippen molar-refractivity contribution in [3.63, 3.8) is 0 Å². The van der Waals surface area contributed by atoms with Crippen molar-refractivity contribution >= 4 is 0 Å². The standard InChI is InChI=1S/C16H18N2O2/c17-11-14-7-6-13(10-15(14)12-18)4-3-9-20-16-5-1-2-8-19-16/h6-7,10,16H,1-5,8-9H2. The predicted octanol–water partition coefficient (Wildman–Crippen LogP) is 2.91. The molecule has 0 bridgehead atoms. The minimum absolute atomic E-state index is 0.0422. The molecule has 1 aromatic carbocycles. The molecule has 1 saturated heterocycles. The number of benzene rings is 1. The van der Waals surface area contributed by atoms with E-state index in [1.54, 1.807) is 12.1 Å². The number of nitriles is 2. The first-order valence-corrected chi connectivity index (χ1v) is 7.00. The van der Waals surface area contributed by atoms with Crippen LogP contribution in [0.4, 0.5) is 0 Å². The smallest absolute Gasteiger partial charge is 0.157 e. The minimum Gasteiger partial charge on any atom is -0.353 e. The molecule has 4 nitrogen and oxygen atoms in total. The van der Waals surface area contributed by atoms with Crippen LogP contribution in [0, 0.1) is 22.7 Å². The minimum atomic E-state index is -0.0422. The topological polar surface area (TPSA) is 66.0 Å². The molecule has 1 atom stereocenters. The van der Waals surface area contributed by atoms with E-state index in [1.807, 2.05) is 12.1 Å². The van der Waals surface area contributed by atoms with Gasteiger partial charge in [0.1, 0.15) is 12.1 Å². The normalized spacial score (nSPS) is 18.2. The molecule has 4 heteroatoms. The Morgan fingerprint density at radius 1 is 1.20 bits per heavy atom. The number of aryl methyl sites for hydroxylation is 1. The Balaban J connectivity index is 1.77. The van der Waals surface area contributed by atoms with Crippen LogP contribution >= 0.6 is 0 Å². The molecule has 20 heavy (non-hydrogen) atoms. The zero-order valence-electron chi connectivity index (χ0n) is 11.5. The maximum atomic E-state index is 8.97. The van der Waals surface area contributed by atoms with E-state index in [4.69, 9.17) is 20.0 Å². The Bertz CT molecular complexity index is 522. The molecule has 1 unspecified atom stereocenters. The fourth-order valence-corrected chi connectivity index (χ4v) is 2.27. The summed E-state index contributed by atoms with van der Waals surface area (Å²) in [5, 5.41) is 17.8. The molecule has 0 aromatic heterocycles. The quantitative estimate of drug-likeness (QED) is 0.771. The van der Waals surface area contributed by atoms with E-state index in [0.29, 0.717) is 17.7 Å². The van der Waals surface area contributed by atoms with Crippen LogP contribution in [0.15, 0.2) is 18.2 Å². The first-order valence-electron chi connectivity index (χ1n) is 7.00. The average molecular weight is 270 g/mol. The number of hydrogen-bond donors (Lipinski definition) is 0. The summed E-state index contributed by atoms with van der Waals surface area (Å²) in [7, 11) is 0. The second-order valence-corrected chi connectivity index (χ2v) is 4.87. The fourth-order valence-electron chi connectivity index (χ4n) is 2.27. The zero-order valence-corrected chi connectivity index (χ0v) is 11.5. The third kappa shape index (κ3) is 4.06. The van der Waals surface area contributed by atoms with Crippen LogP contribution in [0.3, 0.4) is 0 Å². The second kappa shape index (κ2) is 7.65. The Labute approximate surface area is 119 Å². The Morgan fingerprint density at radius 3 is 2.75 bits per heavy atom. The Hall–Kier alpha value is -1.88. The Kier molecular flexibility index (Phi) is 5.55. The van der Waals surface area contributed by atoms with E-state index >= 15 is 0 Å². The molecule has 1 aromatic rings. The van der Waals surface area contributed by atoms with Crippen LogP contribution in [0.2, 0.25) is 0 Å². The van der Waals surface area contributed by atoms with Crippen molar-refractivity contribution in [3.8, 4) is 12.1 Å². The lowest BCUT2D eigenvalue weighted by atomic mass is 10.0. The highest BCUT2D eigenvalue weighted by atomic mass is 16.7. The monoisotopic (exact) mass is 270 g/mol. The summed E-state index contributed by atoms with van der Waals surface area (Å²) in [5.74, 6) is 0. The molecule has 0 amide bonds. The summed E-state index contributed by atoms with van der Waals surface area (Å²) >= 11 is 0. The molecule has 1 aliphatic heterocycles. The van der Waals surface area contributed by atoms with Crippen molar-refractivity contribution in [2.45, 2.75) is 38.4 Å². The zero-order chi connectivity index (χ0) is 14.2. The third-order valence-electron chi connectivity index (χ3n) is 3.38. The molecule has 1 fully saturated rings. The summed E-state index contributed by atoms with van der Waals surface area (Å²) in [4.78, 5) is 0. The highest BCUT2D eigenvalue weighted by molar-refractivity contribution is 5.47. The van der Waals surface area contributed by atoms with Crippen molar-refractivity contribution in [1.82, 2.24) is 0 Å². The van der Waals surface area contributed by atoms with Crippen LogP contribution in [0.1, 0.15) is 42.4 Å². The molecule has 0 radical (unpaired) electrons. The lowest BCUT2D eigenvalue weighted by Gasteiger charge is -2.22. The van der Waals surface area contributed by atoms with Gasteiger partial charge in [-0.3, -0.25) is 0 Å². The second-order valence-electron chi connectivity index (χ2n) is 4.87. The lowest BCUT2D eigenvalue weighted by molar-refractivity contribution is -0.162. The van der Waals surface area contributed by atoms with Gasteiger partial charge in [0, 0.05) is 6.61 Å². The summed E-state index contributed by atoms with van der Waals surface area (Å²) < 4.78 is 11.2. The van der Waals surface area contributed by atoms with E-state index in [1.165, 1.54) is 6.42 Å².